The number of para-hydroxylation sites is 1. The first kappa shape index (κ1) is 18.5. The lowest BCUT2D eigenvalue weighted by Gasteiger charge is -2.14. The number of hydrogen-bond donors (Lipinski definition) is 0. The van der Waals surface area contributed by atoms with Gasteiger partial charge in [-0.05, 0) is 23.8 Å². The zero-order valence-electron chi connectivity index (χ0n) is 15.5. The summed E-state index contributed by atoms with van der Waals surface area (Å²) in [5.74, 6) is 1.13. The third kappa shape index (κ3) is 4.11. The molecule has 2 aromatic carbocycles. The number of methoxy groups -OCH3 is 3. The molecule has 0 amide bonds. The van der Waals surface area contributed by atoms with E-state index in [0.717, 1.165) is 16.5 Å². The van der Waals surface area contributed by atoms with E-state index in [9.17, 15) is 4.79 Å². The van der Waals surface area contributed by atoms with Gasteiger partial charge in [-0.2, -0.15) is 0 Å². The van der Waals surface area contributed by atoms with Crippen LogP contribution in [0.25, 0.3) is 10.9 Å². The van der Waals surface area contributed by atoms with Crippen molar-refractivity contribution in [3.8, 4) is 17.2 Å². The largest absolute Gasteiger partial charge is 0.493 e. The lowest BCUT2D eigenvalue weighted by Crippen LogP contribution is -2.09. The smallest absolute Gasteiger partial charge is 0.310 e. The number of nitrogens with zero attached hydrogens (tertiary/aromatic N) is 1. The lowest BCUT2D eigenvalue weighted by molar-refractivity contribution is -0.144. The summed E-state index contributed by atoms with van der Waals surface area (Å²) in [5.41, 5.74) is 2.41. The Kier molecular flexibility index (Phi) is 5.76. The topological polar surface area (TPSA) is 66.9 Å². The maximum atomic E-state index is 12.3. The molecule has 0 spiro atoms. The van der Waals surface area contributed by atoms with Crippen molar-refractivity contribution in [3.05, 3.63) is 59.8 Å². The minimum absolute atomic E-state index is 0.0922. The Balaban J connectivity index is 1.72. The standard InChI is InChI=1S/C21H21NO5/c1-24-17-10-14(11-18(25-2)21(17)26-3)12-19(23)27-13-16-7-4-6-15-8-5-9-22-20(15)16/h4-11H,12-13H2,1-3H3. The molecule has 0 aliphatic rings. The van der Waals surface area contributed by atoms with Gasteiger partial charge in [0.15, 0.2) is 11.5 Å². The SMILES string of the molecule is COc1cc(CC(=O)OCc2cccc3cccnc23)cc(OC)c1OC. The molecule has 0 aliphatic carbocycles. The Morgan fingerprint density at radius 2 is 1.67 bits per heavy atom. The number of pyridine rings is 1. The Labute approximate surface area is 157 Å². The molecule has 1 heterocycles. The van der Waals surface area contributed by atoms with Crippen molar-refractivity contribution in [2.24, 2.45) is 0 Å². The van der Waals surface area contributed by atoms with Crippen LogP contribution in [0, 0.1) is 0 Å². The molecule has 6 nitrogen and oxygen atoms in total. The van der Waals surface area contributed by atoms with Crippen LogP contribution in [0.2, 0.25) is 0 Å². The van der Waals surface area contributed by atoms with Gasteiger partial charge in [0.2, 0.25) is 5.75 Å². The maximum Gasteiger partial charge on any atom is 0.310 e. The lowest BCUT2D eigenvalue weighted by atomic mass is 10.1. The monoisotopic (exact) mass is 367 g/mol. The van der Waals surface area contributed by atoms with Gasteiger partial charge in [-0.3, -0.25) is 9.78 Å². The average Bonchev–Trinajstić information content (AvgIpc) is 2.71. The summed E-state index contributed by atoms with van der Waals surface area (Å²) in [4.78, 5) is 16.7. The van der Waals surface area contributed by atoms with Crippen LogP contribution in [0.5, 0.6) is 17.2 Å². The molecule has 0 fully saturated rings. The van der Waals surface area contributed by atoms with Gasteiger partial charge in [0.1, 0.15) is 6.61 Å². The van der Waals surface area contributed by atoms with Crippen LogP contribution >= 0.6 is 0 Å². The zero-order valence-corrected chi connectivity index (χ0v) is 15.5. The van der Waals surface area contributed by atoms with Crippen molar-refractivity contribution < 1.29 is 23.7 Å². The predicted octanol–water partition coefficient (Wildman–Crippen LogP) is 3.55. The number of hydrogen-bond acceptors (Lipinski definition) is 6. The molecule has 3 rings (SSSR count). The van der Waals surface area contributed by atoms with Crippen LogP contribution in [-0.4, -0.2) is 32.3 Å². The van der Waals surface area contributed by atoms with Crippen LogP contribution < -0.4 is 14.2 Å². The van der Waals surface area contributed by atoms with Gasteiger partial charge in [0, 0.05) is 17.1 Å². The summed E-state index contributed by atoms with van der Waals surface area (Å²) >= 11 is 0. The number of aromatic nitrogens is 1. The fourth-order valence-corrected chi connectivity index (χ4v) is 2.90. The van der Waals surface area contributed by atoms with E-state index in [1.165, 1.54) is 21.3 Å². The quantitative estimate of drug-likeness (QED) is 0.595. The number of ether oxygens (including phenoxy) is 4. The molecule has 0 bridgehead atoms. The van der Waals surface area contributed by atoms with Crippen LogP contribution in [-0.2, 0) is 22.6 Å². The van der Waals surface area contributed by atoms with E-state index >= 15 is 0 Å². The molecule has 0 saturated heterocycles. The van der Waals surface area contributed by atoms with Gasteiger partial charge in [-0.1, -0.05) is 24.3 Å². The summed E-state index contributed by atoms with van der Waals surface area (Å²) in [5, 5.41) is 1.01. The number of rotatable bonds is 7. The Bertz CT molecular complexity index is 924. The molecule has 0 unspecified atom stereocenters. The maximum absolute atomic E-state index is 12.3. The second kappa shape index (κ2) is 8.40. The molecule has 0 aliphatic heterocycles. The minimum Gasteiger partial charge on any atom is -0.493 e. The summed E-state index contributed by atoms with van der Waals surface area (Å²) in [7, 11) is 4.60. The average molecular weight is 367 g/mol. The molecule has 0 atom stereocenters. The number of carbonyl (C=O) groups is 1. The first-order valence-corrected chi connectivity index (χ1v) is 8.43. The highest BCUT2D eigenvalue weighted by atomic mass is 16.5. The van der Waals surface area contributed by atoms with E-state index in [4.69, 9.17) is 18.9 Å². The molecule has 3 aromatic rings. The highest BCUT2D eigenvalue weighted by Gasteiger charge is 2.15. The van der Waals surface area contributed by atoms with Crippen molar-refractivity contribution >= 4 is 16.9 Å². The fraction of sp³-hybridized carbons (Fsp3) is 0.238. The van der Waals surface area contributed by atoms with E-state index in [2.05, 4.69) is 4.98 Å². The van der Waals surface area contributed by atoms with Crippen molar-refractivity contribution in [1.29, 1.82) is 0 Å². The predicted molar refractivity (Wildman–Crippen MR) is 101 cm³/mol. The summed E-state index contributed by atoms with van der Waals surface area (Å²) in [6, 6.07) is 13.1. The highest BCUT2D eigenvalue weighted by Crippen LogP contribution is 2.38. The van der Waals surface area contributed by atoms with Crippen LogP contribution in [0.4, 0.5) is 0 Å². The van der Waals surface area contributed by atoms with E-state index in [-0.39, 0.29) is 19.0 Å². The molecular weight excluding hydrogens is 346 g/mol. The molecular formula is C21H21NO5. The third-order valence-corrected chi connectivity index (χ3v) is 4.18. The molecule has 27 heavy (non-hydrogen) atoms. The molecule has 0 saturated carbocycles. The van der Waals surface area contributed by atoms with E-state index in [1.54, 1.807) is 18.3 Å². The second-order valence-electron chi connectivity index (χ2n) is 5.86. The van der Waals surface area contributed by atoms with Gasteiger partial charge in [-0.25, -0.2) is 0 Å². The van der Waals surface area contributed by atoms with E-state index in [0.29, 0.717) is 22.8 Å². The summed E-state index contributed by atoms with van der Waals surface area (Å²) in [6.07, 6.45) is 1.82. The zero-order chi connectivity index (χ0) is 19.2. The van der Waals surface area contributed by atoms with Crippen molar-refractivity contribution in [1.82, 2.24) is 4.98 Å². The van der Waals surface area contributed by atoms with Crippen molar-refractivity contribution in [3.63, 3.8) is 0 Å². The molecule has 6 heteroatoms. The van der Waals surface area contributed by atoms with Gasteiger partial charge in [0.25, 0.3) is 0 Å². The van der Waals surface area contributed by atoms with Crippen LogP contribution in [0.15, 0.2) is 48.7 Å². The highest BCUT2D eigenvalue weighted by molar-refractivity contribution is 5.81. The van der Waals surface area contributed by atoms with Gasteiger partial charge >= 0.3 is 5.97 Å². The summed E-state index contributed by atoms with van der Waals surface area (Å²) in [6.45, 7) is 0.164. The molecule has 0 N–H and O–H groups in total. The number of carbonyl (C=O) groups excluding carboxylic acids is 1. The Morgan fingerprint density at radius 1 is 0.963 bits per heavy atom. The first-order chi connectivity index (χ1) is 13.2. The molecule has 140 valence electrons. The molecule has 0 radical (unpaired) electrons. The van der Waals surface area contributed by atoms with Crippen LogP contribution in [0.1, 0.15) is 11.1 Å². The van der Waals surface area contributed by atoms with Crippen LogP contribution in [0.3, 0.4) is 0 Å². The summed E-state index contributed by atoms with van der Waals surface area (Å²) < 4.78 is 21.4. The minimum atomic E-state index is -0.350. The first-order valence-electron chi connectivity index (χ1n) is 8.43. The van der Waals surface area contributed by atoms with Gasteiger partial charge < -0.3 is 18.9 Å². The Morgan fingerprint density at radius 3 is 2.33 bits per heavy atom. The van der Waals surface area contributed by atoms with Crippen molar-refractivity contribution in [2.45, 2.75) is 13.0 Å². The second-order valence-corrected chi connectivity index (χ2v) is 5.86. The van der Waals surface area contributed by atoms with Gasteiger partial charge in [-0.15, -0.1) is 0 Å². The normalized spacial score (nSPS) is 10.5. The van der Waals surface area contributed by atoms with Gasteiger partial charge in [0.05, 0.1) is 33.3 Å². The number of esters is 1. The van der Waals surface area contributed by atoms with Crippen molar-refractivity contribution in [2.75, 3.05) is 21.3 Å². The molecule has 1 aromatic heterocycles. The number of fused-ring (bicyclic) bond motifs is 1. The number of benzene rings is 2. The Hall–Kier alpha value is -3.28. The third-order valence-electron chi connectivity index (χ3n) is 4.18. The fourth-order valence-electron chi connectivity index (χ4n) is 2.90. The van der Waals surface area contributed by atoms with E-state index in [1.807, 2.05) is 30.3 Å². The van der Waals surface area contributed by atoms with E-state index < -0.39 is 0 Å².